The van der Waals surface area contributed by atoms with Crippen LogP contribution in [-0.2, 0) is 4.74 Å². The van der Waals surface area contributed by atoms with Gasteiger partial charge in [-0.1, -0.05) is 16.8 Å². The van der Waals surface area contributed by atoms with Crippen molar-refractivity contribution in [3.8, 4) is 28.4 Å². The molecular weight excluding hydrogens is 470 g/mol. The van der Waals surface area contributed by atoms with Crippen molar-refractivity contribution in [3.63, 3.8) is 0 Å². The summed E-state index contributed by atoms with van der Waals surface area (Å²) in [5.74, 6) is 2.40. The number of nitrogens with one attached hydrogen (secondary N) is 2. The first kappa shape index (κ1) is 25.4. The van der Waals surface area contributed by atoms with Crippen LogP contribution >= 0.6 is 11.6 Å². The summed E-state index contributed by atoms with van der Waals surface area (Å²) in [6.07, 6.45) is 1.61. The number of anilines is 1. The summed E-state index contributed by atoms with van der Waals surface area (Å²) in [5, 5.41) is 21.0. The van der Waals surface area contributed by atoms with E-state index in [4.69, 9.17) is 35.6 Å². The average molecular weight is 502 g/mol. The van der Waals surface area contributed by atoms with Gasteiger partial charge in [0.05, 0.1) is 28.1 Å². The highest BCUT2D eigenvalue weighted by Gasteiger charge is 2.22. The quantitative estimate of drug-likeness (QED) is 0.380. The number of aromatic nitrogens is 3. The van der Waals surface area contributed by atoms with Gasteiger partial charge in [-0.3, -0.25) is 0 Å². The van der Waals surface area contributed by atoms with Crippen LogP contribution in [0.5, 0.6) is 5.75 Å². The first-order valence-electron chi connectivity index (χ1n) is 11.8. The number of halogens is 1. The van der Waals surface area contributed by atoms with Gasteiger partial charge in [0.25, 0.3) is 0 Å². The maximum Gasteiger partial charge on any atom is 0.163 e. The molecule has 35 heavy (non-hydrogen) atoms. The van der Waals surface area contributed by atoms with Crippen molar-refractivity contribution in [2.24, 2.45) is 0 Å². The maximum absolute atomic E-state index is 9.99. The van der Waals surface area contributed by atoms with Crippen LogP contribution in [0.1, 0.15) is 29.9 Å². The van der Waals surface area contributed by atoms with Crippen molar-refractivity contribution in [1.82, 2.24) is 20.4 Å². The van der Waals surface area contributed by atoms with Crippen molar-refractivity contribution < 1.29 is 19.1 Å². The van der Waals surface area contributed by atoms with Crippen molar-refractivity contribution in [3.05, 3.63) is 40.2 Å². The topological polar surface area (TPSA) is 115 Å². The molecule has 0 aliphatic carbocycles. The van der Waals surface area contributed by atoms with Gasteiger partial charge in [0.15, 0.2) is 5.82 Å². The highest BCUT2D eigenvalue weighted by molar-refractivity contribution is 6.33. The highest BCUT2D eigenvalue weighted by atomic mass is 35.5. The molecule has 10 heteroatoms. The molecule has 3 aromatic rings. The number of benzene rings is 1. The number of hydrogen-bond donors (Lipinski definition) is 3. The van der Waals surface area contributed by atoms with Crippen LogP contribution in [0.2, 0.25) is 5.02 Å². The van der Waals surface area contributed by atoms with Crippen LogP contribution in [0.15, 0.2) is 22.7 Å². The zero-order valence-electron chi connectivity index (χ0n) is 20.5. The predicted octanol–water partition coefficient (Wildman–Crippen LogP) is 3.93. The Bertz CT molecular complexity index is 1140. The van der Waals surface area contributed by atoms with E-state index in [1.807, 2.05) is 20.8 Å². The minimum absolute atomic E-state index is 0.148. The Morgan fingerprint density at radius 1 is 1.26 bits per heavy atom. The number of aliphatic hydroxyl groups excluding tert-OH is 1. The fraction of sp³-hybridized carbons (Fsp3) is 0.480. The van der Waals surface area contributed by atoms with Gasteiger partial charge in [0, 0.05) is 30.8 Å². The number of ether oxygens (including phenoxy) is 2. The second kappa shape index (κ2) is 11.3. The molecule has 0 bridgehead atoms. The molecule has 4 rings (SSSR count). The fourth-order valence-corrected chi connectivity index (χ4v) is 4.34. The summed E-state index contributed by atoms with van der Waals surface area (Å²) >= 11 is 6.59. The normalized spacial score (nSPS) is 16.5. The molecule has 0 unspecified atom stereocenters. The summed E-state index contributed by atoms with van der Waals surface area (Å²) in [6, 6.07) is 5.30. The Morgan fingerprint density at radius 3 is 2.77 bits per heavy atom. The van der Waals surface area contributed by atoms with E-state index in [0.29, 0.717) is 46.8 Å². The Labute approximate surface area is 210 Å². The van der Waals surface area contributed by atoms with Crippen LogP contribution in [-0.4, -0.2) is 65.8 Å². The SMILES string of the molecule is CNC[C@@H](O)COc1ccc(Cl)c(-c2nc(NC[C@H]3CCCO3)c(C)c(-c3c(C)noc3C)n2)c1. The Kier molecular flexibility index (Phi) is 8.22. The Morgan fingerprint density at radius 2 is 2.09 bits per heavy atom. The summed E-state index contributed by atoms with van der Waals surface area (Å²) in [5.41, 5.74) is 3.83. The average Bonchev–Trinajstić information content (AvgIpc) is 3.48. The third kappa shape index (κ3) is 5.92. The molecule has 0 amide bonds. The molecular formula is C25H32ClN5O4. The summed E-state index contributed by atoms with van der Waals surface area (Å²) in [7, 11) is 1.78. The van der Waals surface area contributed by atoms with Crippen LogP contribution in [0.3, 0.4) is 0 Å². The lowest BCUT2D eigenvalue weighted by atomic mass is 10.0. The minimum Gasteiger partial charge on any atom is -0.491 e. The molecule has 2 atom stereocenters. The largest absolute Gasteiger partial charge is 0.491 e. The van der Waals surface area contributed by atoms with Crippen molar-refractivity contribution in [2.45, 2.75) is 45.8 Å². The van der Waals surface area contributed by atoms with Gasteiger partial charge in [0.2, 0.25) is 0 Å². The lowest BCUT2D eigenvalue weighted by Gasteiger charge is -2.17. The molecule has 1 aromatic carbocycles. The lowest BCUT2D eigenvalue weighted by Crippen LogP contribution is -2.29. The molecule has 3 heterocycles. The number of aliphatic hydroxyl groups is 1. The standard InChI is InChI=1S/C25H32ClN5O4/c1-14-23(22-15(2)31-35-16(22)3)29-25(30-24(14)28-12-19-6-5-9-33-19)20-10-18(7-8-21(20)26)34-13-17(32)11-27-4/h7-8,10,17,19,27,32H,5-6,9,11-13H2,1-4H3,(H,28,29,30)/t17-,19-/m1/s1. The van der Waals surface area contributed by atoms with Gasteiger partial charge in [0.1, 0.15) is 30.0 Å². The van der Waals surface area contributed by atoms with Crippen molar-refractivity contribution in [2.75, 3.05) is 38.7 Å². The number of nitrogens with zero attached hydrogens (tertiary/aromatic N) is 3. The van der Waals surface area contributed by atoms with E-state index >= 15 is 0 Å². The molecule has 1 saturated heterocycles. The van der Waals surface area contributed by atoms with Crippen LogP contribution in [0.4, 0.5) is 5.82 Å². The molecule has 1 aliphatic heterocycles. The minimum atomic E-state index is -0.630. The van der Waals surface area contributed by atoms with E-state index in [9.17, 15) is 5.11 Å². The van der Waals surface area contributed by atoms with Crippen LogP contribution < -0.4 is 15.4 Å². The zero-order valence-corrected chi connectivity index (χ0v) is 21.3. The molecule has 0 spiro atoms. The second-order valence-corrected chi connectivity index (χ2v) is 9.16. The monoisotopic (exact) mass is 501 g/mol. The Hall–Kier alpha value is -2.72. The van der Waals surface area contributed by atoms with Crippen molar-refractivity contribution >= 4 is 17.4 Å². The molecule has 0 radical (unpaired) electrons. The summed E-state index contributed by atoms with van der Waals surface area (Å²) < 4.78 is 17.0. The number of hydrogen-bond acceptors (Lipinski definition) is 9. The molecule has 9 nitrogen and oxygen atoms in total. The molecule has 1 fully saturated rings. The number of likely N-dealkylation sites (N-methyl/N-ethyl adjacent to an activating group) is 1. The first-order chi connectivity index (χ1) is 16.9. The number of aryl methyl sites for hydroxylation is 2. The third-order valence-corrected chi connectivity index (χ3v) is 6.33. The van der Waals surface area contributed by atoms with Crippen LogP contribution in [0, 0.1) is 20.8 Å². The Balaban J connectivity index is 1.72. The van der Waals surface area contributed by atoms with Gasteiger partial charge in [-0.15, -0.1) is 0 Å². The van der Waals surface area contributed by atoms with E-state index in [-0.39, 0.29) is 12.7 Å². The highest BCUT2D eigenvalue weighted by Crippen LogP contribution is 2.36. The lowest BCUT2D eigenvalue weighted by molar-refractivity contribution is 0.108. The zero-order chi connectivity index (χ0) is 24.9. The van der Waals surface area contributed by atoms with Crippen LogP contribution in [0.25, 0.3) is 22.6 Å². The smallest absolute Gasteiger partial charge is 0.163 e. The third-order valence-electron chi connectivity index (χ3n) is 6.00. The van der Waals surface area contributed by atoms with E-state index in [1.54, 1.807) is 25.2 Å². The molecule has 1 aliphatic rings. The summed E-state index contributed by atoms with van der Waals surface area (Å²) in [4.78, 5) is 9.72. The molecule has 0 saturated carbocycles. The maximum atomic E-state index is 9.99. The predicted molar refractivity (Wildman–Crippen MR) is 135 cm³/mol. The van der Waals surface area contributed by atoms with E-state index in [2.05, 4.69) is 15.8 Å². The molecule has 188 valence electrons. The van der Waals surface area contributed by atoms with E-state index < -0.39 is 6.10 Å². The molecule has 3 N–H and O–H groups in total. The van der Waals surface area contributed by atoms with E-state index in [0.717, 1.165) is 42.0 Å². The number of rotatable bonds is 10. The fourth-order valence-electron chi connectivity index (χ4n) is 4.14. The van der Waals surface area contributed by atoms with Gasteiger partial charge < -0.3 is 29.7 Å². The van der Waals surface area contributed by atoms with Gasteiger partial charge >= 0.3 is 0 Å². The molecule has 2 aromatic heterocycles. The first-order valence-corrected chi connectivity index (χ1v) is 12.2. The van der Waals surface area contributed by atoms with Gasteiger partial charge in [-0.05, 0) is 58.9 Å². The second-order valence-electron chi connectivity index (χ2n) is 8.75. The van der Waals surface area contributed by atoms with Crippen molar-refractivity contribution in [1.29, 1.82) is 0 Å². The summed E-state index contributed by atoms with van der Waals surface area (Å²) in [6.45, 7) is 7.76. The van der Waals surface area contributed by atoms with E-state index in [1.165, 1.54) is 0 Å². The van der Waals surface area contributed by atoms with Gasteiger partial charge in [-0.2, -0.15) is 0 Å². The van der Waals surface area contributed by atoms with Gasteiger partial charge in [-0.25, -0.2) is 9.97 Å².